The molecule has 0 aromatic rings. The Hall–Kier alpha value is -2.03. The molecule has 0 aromatic carbocycles. The minimum absolute atomic E-state index is 0.0535. The van der Waals surface area contributed by atoms with Crippen LogP contribution in [-0.2, 0) is 32.7 Å². The Kier molecular flexibility index (Phi) is 55.6. The van der Waals surface area contributed by atoms with Crippen molar-refractivity contribution in [2.24, 2.45) is 5.73 Å². The van der Waals surface area contributed by atoms with Gasteiger partial charge in [0.05, 0.1) is 13.2 Å². The van der Waals surface area contributed by atoms with Gasteiger partial charge in [-0.3, -0.25) is 18.6 Å². The van der Waals surface area contributed by atoms with E-state index in [0.29, 0.717) is 6.42 Å². The number of esters is 2. The summed E-state index contributed by atoms with van der Waals surface area (Å²) in [6, 6.07) is 0. The first-order chi connectivity index (χ1) is 34.8. The number of hydrogen-bond acceptors (Lipinski definition) is 8. The molecule has 0 aliphatic heterocycles. The number of hydrogen-bond donors (Lipinski definition) is 2. The largest absolute Gasteiger partial charge is 0.472 e. The van der Waals surface area contributed by atoms with Crippen LogP contribution in [0.3, 0.4) is 0 Å². The number of unbranched alkanes of at least 4 members (excludes halogenated alkanes) is 36. The summed E-state index contributed by atoms with van der Waals surface area (Å²) in [5.74, 6) is -0.821. The summed E-state index contributed by atoms with van der Waals surface area (Å²) in [6.07, 6.45) is 70.3. The highest BCUT2D eigenvalue weighted by atomic mass is 31.2. The lowest BCUT2D eigenvalue weighted by Gasteiger charge is -2.19. The van der Waals surface area contributed by atoms with Crippen LogP contribution in [0.2, 0.25) is 0 Å². The van der Waals surface area contributed by atoms with Crippen molar-refractivity contribution in [1.82, 2.24) is 0 Å². The summed E-state index contributed by atoms with van der Waals surface area (Å²) in [6.45, 7) is 3.76. The van der Waals surface area contributed by atoms with E-state index in [9.17, 15) is 19.0 Å². The highest BCUT2D eigenvalue weighted by molar-refractivity contribution is 7.47. The van der Waals surface area contributed by atoms with Crippen LogP contribution in [-0.4, -0.2) is 49.3 Å². The molecule has 71 heavy (non-hydrogen) atoms. The molecule has 0 heterocycles. The van der Waals surface area contributed by atoms with E-state index in [1.165, 1.54) is 205 Å². The van der Waals surface area contributed by atoms with Gasteiger partial charge in [-0.15, -0.1) is 0 Å². The van der Waals surface area contributed by atoms with Crippen molar-refractivity contribution < 1.29 is 37.6 Å². The molecule has 10 heteroatoms. The zero-order chi connectivity index (χ0) is 51.7. The van der Waals surface area contributed by atoms with Crippen LogP contribution < -0.4 is 5.73 Å². The fourth-order valence-corrected chi connectivity index (χ4v) is 9.46. The van der Waals surface area contributed by atoms with Crippen molar-refractivity contribution in [3.05, 3.63) is 48.6 Å². The van der Waals surface area contributed by atoms with E-state index >= 15 is 0 Å². The van der Waals surface area contributed by atoms with E-state index in [2.05, 4.69) is 62.5 Å². The molecule has 0 amide bonds. The maximum Gasteiger partial charge on any atom is 0.472 e. The second kappa shape index (κ2) is 57.3. The molecule has 0 aliphatic rings. The van der Waals surface area contributed by atoms with Crippen molar-refractivity contribution >= 4 is 19.8 Å². The Bertz CT molecular complexity index is 1300. The van der Waals surface area contributed by atoms with Crippen LogP contribution in [0.25, 0.3) is 0 Å². The van der Waals surface area contributed by atoms with Crippen LogP contribution in [0, 0.1) is 0 Å². The summed E-state index contributed by atoms with van der Waals surface area (Å²) in [5.41, 5.74) is 5.38. The molecule has 2 unspecified atom stereocenters. The van der Waals surface area contributed by atoms with E-state index < -0.39 is 26.5 Å². The molecule has 0 radical (unpaired) electrons. The zero-order valence-electron chi connectivity index (χ0n) is 46.5. The quantitative estimate of drug-likeness (QED) is 0.0264. The van der Waals surface area contributed by atoms with E-state index in [1.807, 2.05) is 0 Å². The smallest absolute Gasteiger partial charge is 0.462 e. The summed E-state index contributed by atoms with van der Waals surface area (Å²) in [7, 11) is -4.39. The molecule has 0 fully saturated rings. The second-order valence-electron chi connectivity index (χ2n) is 20.2. The van der Waals surface area contributed by atoms with Gasteiger partial charge in [-0.2, -0.15) is 0 Å². The number of nitrogens with two attached hydrogens (primary N) is 1. The van der Waals surface area contributed by atoms with Gasteiger partial charge in [0.1, 0.15) is 6.61 Å². The summed E-state index contributed by atoms with van der Waals surface area (Å²) in [5, 5.41) is 0. The molecular formula is C61H114NO8P. The van der Waals surface area contributed by atoms with Crippen LogP contribution in [0.4, 0.5) is 0 Å². The molecule has 0 rings (SSSR count). The van der Waals surface area contributed by atoms with E-state index in [4.69, 9.17) is 24.3 Å². The average molecular weight is 1020 g/mol. The third-order valence-electron chi connectivity index (χ3n) is 13.2. The molecule has 0 spiro atoms. The average Bonchev–Trinajstić information content (AvgIpc) is 3.36. The Labute approximate surface area is 438 Å². The standard InChI is InChI=1S/C61H114NO8P/c1-3-5-7-9-11-13-15-17-19-21-22-23-24-25-26-27-28-29-30-31-32-33-34-35-36-38-40-42-44-46-48-50-52-54-61(64)70-59(58-69-71(65,66)68-56-55-62)57-67-60(63)53-51-49-47-45-43-41-39-37-20-18-16-14-12-10-8-6-4-2/h15,17-18,20-22,24-25,59H,3-14,16,19,23,26-58,62H2,1-2H3,(H,65,66)/b17-15-,20-18-,22-21-,25-24-. The van der Waals surface area contributed by atoms with Gasteiger partial charge in [-0.1, -0.05) is 255 Å². The predicted molar refractivity (Wildman–Crippen MR) is 303 cm³/mol. The van der Waals surface area contributed by atoms with Crippen molar-refractivity contribution in [3.8, 4) is 0 Å². The van der Waals surface area contributed by atoms with Crippen LogP contribution in [0.1, 0.15) is 296 Å². The Balaban J connectivity index is 3.88. The third-order valence-corrected chi connectivity index (χ3v) is 14.2. The van der Waals surface area contributed by atoms with Crippen molar-refractivity contribution in [3.63, 3.8) is 0 Å². The van der Waals surface area contributed by atoms with Gasteiger partial charge in [-0.05, 0) is 77.0 Å². The molecule has 2 atom stereocenters. The SMILES string of the molecule is CCCCCCC/C=C\C/C=C\C/C=C\CCCCCCCCCCCCCCCCCCCCC(=O)OC(COC(=O)CCCCCCCCC/C=C\CCCCCCCC)COP(=O)(O)OCCN. The molecule has 416 valence electrons. The van der Waals surface area contributed by atoms with Gasteiger partial charge in [0, 0.05) is 19.4 Å². The number of ether oxygens (including phenoxy) is 2. The highest BCUT2D eigenvalue weighted by Crippen LogP contribution is 2.43. The van der Waals surface area contributed by atoms with Gasteiger partial charge in [0.15, 0.2) is 6.10 Å². The lowest BCUT2D eigenvalue weighted by molar-refractivity contribution is -0.161. The topological polar surface area (TPSA) is 134 Å². The molecule has 9 nitrogen and oxygen atoms in total. The van der Waals surface area contributed by atoms with Crippen molar-refractivity contribution in [2.75, 3.05) is 26.4 Å². The lowest BCUT2D eigenvalue weighted by Crippen LogP contribution is -2.29. The molecule has 0 aromatic heterocycles. The third kappa shape index (κ3) is 57.1. The van der Waals surface area contributed by atoms with Crippen LogP contribution in [0.15, 0.2) is 48.6 Å². The first-order valence-electron chi connectivity index (χ1n) is 30.1. The van der Waals surface area contributed by atoms with Gasteiger partial charge >= 0.3 is 19.8 Å². The second-order valence-corrected chi connectivity index (χ2v) is 21.7. The maximum atomic E-state index is 12.7. The number of carbonyl (C=O) groups excluding carboxylic acids is 2. The van der Waals surface area contributed by atoms with E-state index in [0.717, 1.165) is 57.8 Å². The Morgan fingerprint density at radius 1 is 0.423 bits per heavy atom. The first kappa shape index (κ1) is 69.0. The number of allylic oxidation sites excluding steroid dienone is 8. The molecule has 0 bridgehead atoms. The van der Waals surface area contributed by atoms with Gasteiger partial charge in [0.25, 0.3) is 0 Å². The number of phosphoric acid groups is 1. The van der Waals surface area contributed by atoms with E-state index in [-0.39, 0.29) is 38.6 Å². The molecular weight excluding hydrogens is 906 g/mol. The summed E-state index contributed by atoms with van der Waals surface area (Å²) < 4.78 is 33.0. The van der Waals surface area contributed by atoms with Crippen LogP contribution >= 0.6 is 7.82 Å². The minimum atomic E-state index is -4.39. The van der Waals surface area contributed by atoms with Crippen molar-refractivity contribution in [2.45, 2.75) is 302 Å². The first-order valence-corrected chi connectivity index (χ1v) is 31.6. The summed E-state index contributed by atoms with van der Waals surface area (Å²) in [4.78, 5) is 35.2. The minimum Gasteiger partial charge on any atom is -0.462 e. The zero-order valence-corrected chi connectivity index (χ0v) is 47.4. The highest BCUT2D eigenvalue weighted by Gasteiger charge is 2.26. The summed E-state index contributed by atoms with van der Waals surface area (Å²) >= 11 is 0. The van der Waals surface area contributed by atoms with E-state index in [1.54, 1.807) is 0 Å². The number of phosphoric ester groups is 1. The molecule has 0 saturated heterocycles. The maximum absolute atomic E-state index is 12.7. The normalized spacial score (nSPS) is 13.4. The number of rotatable bonds is 57. The number of carbonyl (C=O) groups is 2. The predicted octanol–water partition coefficient (Wildman–Crippen LogP) is 19.0. The molecule has 3 N–H and O–H groups in total. The Morgan fingerprint density at radius 3 is 1.10 bits per heavy atom. The lowest BCUT2D eigenvalue weighted by atomic mass is 10.0. The fourth-order valence-electron chi connectivity index (χ4n) is 8.70. The van der Waals surface area contributed by atoms with Gasteiger partial charge < -0.3 is 20.1 Å². The molecule has 0 saturated carbocycles. The van der Waals surface area contributed by atoms with Crippen LogP contribution in [0.5, 0.6) is 0 Å². The van der Waals surface area contributed by atoms with Gasteiger partial charge in [-0.25, -0.2) is 4.57 Å². The Morgan fingerprint density at radius 2 is 0.732 bits per heavy atom. The van der Waals surface area contributed by atoms with Gasteiger partial charge in [0.2, 0.25) is 0 Å². The fraction of sp³-hybridized carbons (Fsp3) is 0.836. The molecule has 0 aliphatic carbocycles. The monoisotopic (exact) mass is 1020 g/mol. The van der Waals surface area contributed by atoms with Crippen molar-refractivity contribution in [1.29, 1.82) is 0 Å².